The Hall–Kier alpha value is -2.70. The summed E-state index contributed by atoms with van der Waals surface area (Å²) in [5, 5.41) is 7.27. The average Bonchev–Trinajstić information content (AvgIpc) is 3.23. The van der Waals surface area contributed by atoms with Crippen LogP contribution in [-0.4, -0.2) is 57.0 Å². The SMILES string of the molecule is C[C@H]1CCC[C@H](C)N1C(=O)c1cn[nH]c1C1CCN(C(=O)Cc2cccc(F)c2)CC1. The Kier molecular flexibility index (Phi) is 6.39. The molecule has 0 bridgehead atoms. The van der Waals surface area contributed by atoms with Crippen LogP contribution in [0.15, 0.2) is 30.5 Å². The van der Waals surface area contributed by atoms with Crippen molar-refractivity contribution in [2.45, 2.75) is 70.4 Å². The summed E-state index contributed by atoms with van der Waals surface area (Å²) in [4.78, 5) is 29.8. The van der Waals surface area contributed by atoms with Crippen LogP contribution in [0.25, 0.3) is 0 Å². The van der Waals surface area contributed by atoms with E-state index in [1.54, 1.807) is 18.3 Å². The van der Waals surface area contributed by atoms with Crippen molar-refractivity contribution in [3.63, 3.8) is 0 Å². The zero-order chi connectivity index (χ0) is 22.0. The van der Waals surface area contributed by atoms with Gasteiger partial charge in [-0.1, -0.05) is 12.1 Å². The summed E-state index contributed by atoms with van der Waals surface area (Å²) in [5.74, 6) is -0.0677. The minimum Gasteiger partial charge on any atom is -0.342 e. The number of rotatable bonds is 4. The van der Waals surface area contributed by atoms with Crippen LogP contribution in [-0.2, 0) is 11.2 Å². The van der Waals surface area contributed by atoms with Crippen LogP contribution >= 0.6 is 0 Å². The Morgan fingerprint density at radius 2 is 1.84 bits per heavy atom. The molecule has 0 radical (unpaired) electrons. The van der Waals surface area contributed by atoms with Crippen molar-refractivity contribution in [3.05, 3.63) is 53.1 Å². The molecule has 3 heterocycles. The van der Waals surface area contributed by atoms with Crippen molar-refractivity contribution in [1.29, 1.82) is 0 Å². The van der Waals surface area contributed by atoms with Gasteiger partial charge in [0, 0.05) is 31.1 Å². The van der Waals surface area contributed by atoms with Gasteiger partial charge >= 0.3 is 0 Å². The number of carbonyl (C=O) groups excluding carboxylic acids is 2. The Morgan fingerprint density at radius 3 is 2.52 bits per heavy atom. The van der Waals surface area contributed by atoms with E-state index in [2.05, 4.69) is 24.0 Å². The molecule has 31 heavy (non-hydrogen) atoms. The third-order valence-electron chi connectivity index (χ3n) is 6.83. The number of carbonyl (C=O) groups is 2. The predicted octanol–water partition coefficient (Wildman–Crippen LogP) is 3.90. The summed E-state index contributed by atoms with van der Waals surface area (Å²) in [5.41, 5.74) is 2.26. The largest absolute Gasteiger partial charge is 0.342 e. The van der Waals surface area contributed by atoms with Gasteiger partial charge in [-0.25, -0.2) is 4.39 Å². The highest BCUT2D eigenvalue weighted by Gasteiger charge is 2.34. The average molecular weight is 427 g/mol. The lowest BCUT2D eigenvalue weighted by molar-refractivity contribution is -0.131. The van der Waals surface area contributed by atoms with Gasteiger partial charge in [-0.3, -0.25) is 14.7 Å². The molecule has 0 spiro atoms. The lowest BCUT2D eigenvalue weighted by Crippen LogP contribution is -2.47. The molecule has 1 N–H and O–H groups in total. The number of nitrogens with zero attached hydrogens (tertiary/aromatic N) is 3. The molecule has 1 aromatic carbocycles. The topological polar surface area (TPSA) is 69.3 Å². The van der Waals surface area contributed by atoms with Gasteiger partial charge < -0.3 is 9.80 Å². The van der Waals surface area contributed by atoms with Crippen LogP contribution in [0.5, 0.6) is 0 Å². The number of aromatic amines is 1. The second-order valence-electron chi connectivity index (χ2n) is 9.00. The van der Waals surface area contributed by atoms with Crippen molar-refractivity contribution >= 4 is 11.8 Å². The molecule has 4 rings (SSSR count). The first kappa shape index (κ1) is 21.5. The molecule has 7 heteroatoms. The first-order valence-corrected chi connectivity index (χ1v) is 11.3. The molecule has 0 aliphatic carbocycles. The van der Waals surface area contributed by atoms with Gasteiger partial charge in [-0.05, 0) is 63.6 Å². The second-order valence-corrected chi connectivity index (χ2v) is 9.00. The summed E-state index contributed by atoms with van der Waals surface area (Å²) in [6, 6.07) is 6.68. The molecular formula is C24H31FN4O2. The molecule has 2 aliphatic heterocycles. The summed E-state index contributed by atoms with van der Waals surface area (Å²) in [6.07, 6.45) is 6.66. The van der Waals surface area contributed by atoms with Gasteiger partial charge in [0.05, 0.1) is 23.9 Å². The number of amides is 2. The van der Waals surface area contributed by atoms with E-state index in [0.29, 0.717) is 24.2 Å². The molecular weight excluding hydrogens is 395 g/mol. The summed E-state index contributed by atoms with van der Waals surface area (Å²) in [6.45, 7) is 5.50. The van der Waals surface area contributed by atoms with E-state index in [4.69, 9.17) is 0 Å². The lowest BCUT2D eigenvalue weighted by atomic mass is 9.90. The fourth-order valence-electron chi connectivity index (χ4n) is 5.09. The standard InChI is InChI=1S/C24H31FN4O2/c1-16-5-3-6-17(2)29(16)24(31)21-15-26-27-23(21)19-9-11-28(12-10-19)22(30)14-18-7-4-8-20(25)13-18/h4,7-8,13,15-17,19H,3,5-6,9-12,14H2,1-2H3,(H,26,27)/t16-,17-/m0/s1. The lowest BCUT2D eigenvalue weighted by Gasteiger charge is -2.39. The van der Waals surface area contributed by atoms with E-state index in [0.717, 1.165) is 37.8 Å². The number of H-pyrrole nitrogens is 1. The molecule has 6 nitrogen and oxygen atoms in total. The normalized spacial score (nSPS) is 22.5. The van der Waals surface area contributed by atoms with Gasteiger partial charge in [0.2, 0.25) is 5.91 Å². The van der Waals surface area contributed by atoms with E-state index in [1.807, 2.05) is 9.80 Å². The predicted molar refractivity (Wildman–Crippen MR) is 116 cm³/mol. The van der Waals surface area contributed by atoms with Crippen LogP contribution in [0.1, 0.15) is 73.5 Å². The van der Waals surface area contributed by atoms with Crippen molar-refractivity contribution in [1.82, 2.24) is 20.0 Å². The van der Waals surface area contributed by atoms with E-state index in [9.17, 15) is 14.0 Å². The van der Waals surface area contributed by atoms with Crippen molar-refractivity contribution in [2.75, 3.05) is 13.1 Å². The summed E-state index contributed by atoms with van der Waals surface area (Å²) in [7, 11) is 0. The summed E-state index contributed by atoms with van der Waals surface area (Å²) >= 11 is 0. The van der Waals surface area contributed by atoms with Crippen LogP contribution in [0, 0.1) is 5.82 Å². The highest BCUT2D eigenvalue weighted by atomic mass is 19.1. The molecule has 2 amide bonds. The van der Waals surface area contributed by atoms with Gasteiger partial charge in [0.15, 0.2) is 0 Å². The number of hydrogen-bond acceptors (Lipinski definition) is 3. The molecule has 2 fully saturated rings. The van der Waals surface area contributed by atoms with E-state index >= 15 is 0 Å². The van der Waals surface area contributed by atoms with Gasteiger partial charge in [0.1, 0.15) is 5.82 Å². The first-order chi connectivity index (χ1) is 14.9. The van der Waals surface area contributed by atoms with Crippen molar-refractivity contribution in [2.24, 2.45) is 0 Å². The number of aromatic nitrogens is 2. The third kappa shape index (κ3) is 4.65. The molecule has 2 aromatic rings. The zero-order valence-corrected chi connectivity index (χ0v) is 18.3. The Labute approximate surface area is 182 Å². The van der Waals surface area contributed by atoms with E-state index < -0.39 is 0 Å². The number of halogens is 1. The smallest absolute Gasteiger partial charge is 0.257 e. The minimum absolute atomic E-state index is 0.0147. The second kappa shape index (κ2) is 9.20. The van der Waals surface area contributed by atoms with Gasteiger partial charge in [-0.2, -0.15) is 5.10 Å². The number of benzene rings is 1. The van der Waals surface area contributed by atoms with Crippen molar-refractivity contribution in [3.8, 4) is 0 Å². The minimum atomic E-state index is -0.321. The van der Waals surface area contributed by atoms with Crippen LogP contribution in [0.3, 0.4) is 0 Å². The van der Waals surface area contributed by atoms with Crippen LogP contribution < -0.4 is 0 Å². The number of likely N-dealkylation sites (tertiary alicyclic amines) is 2. The zero-order valence-electron chi connectivity index (χ0n) is 18.3. The quantitative estimate of drug-likeness (QED) is 0.806. The first-order valence-electron chi connectivity index (χ1n) is 11.3. The maximum absolute atomic E-state index is 13.4. The van der Waals surface area contributed by atoms with E-state index in [1.165, 1.54) is 12.1 Å². The van der Waals surface area contributed by atoms with Gasteiger partial charge in [-0.15, -0.1) is 0 Å². The molecule has 0 unspecified atom stereocenters. The maximum atomic E-state index is 13.4. The molecule has 166 valence electrons. The molecule has 1 aromatic heterocycles. The maximum Gasteiger partial charge on any atom is 0.257 e. The highest BCUT2D eigenvalue weighted by Crippen LogP contribution is 2.32. The van der Waals surface area contributed by atoms with Crippen molar-refractivity contribution < 1.29 is 14.0 Å². The summed E-state index contributed by atoms with van der Waals surface area (Å²) < 4.78 is 13.4. The number of piperidine rings is 2. The molecule has 0 saturated carbocycles. The Morgan fingerprint density at radius 1 is 1.13 bits per heavy atom. The van der Waals surface area contributed by atoms with Gasteiger partial charge in [0.25, 0.3) is 5.91 Å². The molecule has 2 atom stereocenters. The Balaban J connectivity index is 1.39. The molecule has 2 saturated heterocycles. The highest BCUT2D eigenvalue weighted by molar-refractivity contribution is 5.95. The fraction of sp³-hybridized carbons (Fsp3) is 0.542. The number of hydrogen-bond donors (Lipinski definition) is 1. The van der Waals surface area contributed by atoms with Crippen LogP contribution in [0.4, 0.5) is 4.39 Å². The monoisotopic (exact) mass is 426 g/mol. The fourth-order valence-corrected chi connectivity index (χ4v) is 5.09. The van der Waals surface area contributed by atoms with E-state index in [-0.39, 0.29) is 42.1 Å². The van der Waals surface area contributed by atoms with Crippen LogP contribution in [0.2, 0.25) is 0 Å². The third-order valence-corrected chi connectivity index (χ3v) is 6.83. The number of nitrogens with one attached hydrogen (secondary N) is 1. The molecule has 2 aliphatic rings. The Bertz CT molecular complexity index is 925.